The predicted molar refractivity (Wildman–Crippen MR) is 81.0 cm³/mol. The van der Waals surface area contributed by atoms with Gasteiger partial charge in [0, 0.05) is 17.9 Å². The maximum absolute atomic E-state index is 11.6. The number of hydrogen-bond acceptors (Lipinski definition) is 2. The summed E-state index contributed by atoms with van der Waals surface area (Å²) in [6.45, 7) is 1.88. The molecule has 0 bridgehead atoms. The number of aliphatic carboxylic acids is 1. The van der Waals surface area contributed by atoms with Gasteiger partial charge in [0.15, 0.2) is 0 Å². The van der Waals surface area contributed by atoms with Crippen LogP contribution >= 0.6 is 34.8 Å². The zero-order valence-electron chi connectivity index (χ0n) is 10.8. The molecule has 0 saturated carbocycles. The summed E-state index contributed by atoms with van der Waals surface area (Å²) in [5, 5.41) is 12.0. The minimum atomic E-state index is -0.955. The number of halogens is 3. The second kappa shape index (κ2) is 7.72. The highest BCUT2D eigenvalue weighted by atomic mass is 35.5. The third-order valence-electron chi connectivity index (χ3n) is 2.60. The first-order valence-corrected chi connectivity index (χ1v) is 7.18. The molecule has 1 aromatic rings. The standard InChI is InChI=1S/C13H14Cl3NO3/c1-2-3-10(18)17-13-9(15)6-8(14)7(12(13)16)4-5-11(19)20/h6H,2-5H2,1H3,(H,17,18)(H,19,20). The first-order valence-electron chi connectivity index (χ1n) is 6.04. The van der Waals surface area contributed by atoms with Crippen molar-refractivity contribution in [2.45, 2.75) is 32.6 Å². The Morgan fingerprint density at radius 2 is 1.85 bits per heavy atom. The van der Waals surface area contributed by atoms with Gasteiger partial charge in [0.25, 0.3) is 0 Å². The van der Waals surface area contributed by atoms with E-state index in [2.05, 4.69) is 5.32 Å². The van der Waals surface area contributed by atoms with Crippen LogP contribution in [0.5, 0.6) is 0 Å². The van der Waals surface area contributed by atoms with Gasteiger partial charge in [0.05, 0.1) is 15.7 Å². The van der Waals surface area contributed by atoms with Crippen LogP contribution in [0.3, 0.4) is 0 Å². The largest absolute Gasteiger partial charge is 0.481 e. The number of carbonyl (C=O) groups excluding carboxylic acids is 1. The van der Waals surface area contributed by atoms with E-state index in [4.69, 9.17) is 39.9 Å². The van der Waals surface area contributed by atoms with E-state index in [9.17, 15) is 9.59 Å². The Morgan fingerprint density at radius 1 is 1.20 bits per heavy atom. The van der Waals surface area contributed by atoms with Gasteiger partial charge in [-0.3, -0.25) is 9.59 Å². The van der Waals surface area contributed by atoms with Gasteiger partial charge in [-0.2, -0.15) is 0 Å². The fraction of sp³-hybridized carbons (Fsp3) is 0.385. The van der Waals surface area contributed by atoms with E-state index in [1.807, 2.05) is 6.92 Å². The molecule has 7 heteroatoms. The highest BCUT2D eigenvalue weighted by molar-refractivity contribution is 6.43. The second-order valence-corrected chi connectivity index (χ2v) is 5.39. The average molecular weight is 339 g/mol. The first-order chi connectivity index (χ1) is 9.36. The van der Waals surface area contributed by atoms with Crippen LogP contribution in [-0.2, 0) is 16.0 Å². The normalized spacial score (nSPS) is 10.4. The van der Waals surface area contributed by atoms with Crippen LogP contribution < -0.4 is 5.32 Å². The van der Waals surface area contributed by atoms with Gasteiger partial charge in [-0.25, -0.2) is 0 Å². The SMILES string of the molecule is CCCC(=O)Nc1c(Cl)cc(Cl)c(CCC(=O)O)c1Cl. The van der Waals surface area contributed by atoms with Crippen molar-refractivity contribution in [2.24, 2.45) is 0 Å². The highest BCUT2D eigenvalue weighted by Gasteiger charge is 2.17. The lowest BCUT2D eigenvalue weighted by atomic mass is 10.1. The minimum absolute atomic E-state index is 0.108. The summed E-state index contributed by atoms with van der Waals surface area (Å²) in [4.78, 5) is 22.3. The molecule has 0 unspecified atom stereocenters. The third-order valence-corrected chi connectivity index (χ3v) is 3.65. The smallest absolute Gasteiger partial charge is 0.303 e. The van der Waals surface area contributed by atoms with Crippen molar-refractivity contribution in [1.29, 1.82) is 0 Å². The molecule has 0 aliphatic carbocycles. The molecule has 0 spiro atoms. The van der Waals surface area contributed by atoms with Gasteiger partial charge in [-0.15, -0.1) is 0 Å². The van der Waals surface area contributed by atoms with E-state index in [0.29, 0.717) is 18.4 Å². The summed E-state index contributed by atoms with van der Waals surface area (Å²) in [7, 11) is 0. The van der Waals surface area contributed by atoms with Crippen molar-refractivity contribution >= 4 is 52.4 Å². The lowest BCUT2D eigenvalue weighted by Gasteiger charge is -2.14. The van der Waals surface area contributed by atoms with E-state index in [1.54, 1.807) is 0 Å². The van der Waals surface area contributed by atoms with E-state index in [-0.39, 0.29) is 39.5 Å². The van der Waals surface area contributed by atoms with Crippen LogP contribution in [-0.4, -0.2) is 17.0 Å². The number of carboxylic acids is 1. The number of nitrogens with one attached hydrogen (secondary N) is 1. The van der Waals surface area contributed by atoms with Crippen LogP contribution in [0.1, 0.15) is 31.7 Å². The number of hydrogen-bond donors (Lipinski definition) is 2. The van der Waals surface area contributed by atoms with Crippen molar-refractivity contribution in [2.75, 3.05) is 5.32 Å². The number of carboxylic acid groups (broad SMARTS) is 1. The predicted octanol–water partition coefficient (Wildman–Crippen LogP) is 4.40. The van der Waals surface area contributed by atoms with Crippen LogP contribution in [0.15, 0.2) is 6.07 Å². The molecule has 0 aliphatic rings. The number of amides is 1. The summed E-state index contributed by atoms with van der Waals surface area (Å²) in [6.07, 6.45) is 1.10. The van der Waals surface area contributed by atoms with Gasteiger partial charge >= 0.3 is 5.97 Å². The number of carbonyl (C=O) groups is 2. The molecule has 2 N–H and O–H groups in total. The maximum Gasteiger partial charge on any atom is 0.303 e. The van der Waals surface area contributed by atoms with Crippen molar-refractivity contribution in [3.05, 3.63) is 26.7 Å². The molecule has 0 radical (unpaired) electrons. The summed E-state index contributed by atoms with van der Waals surface area (Å²) in [5.41, 5.74) is 0.739. The summed E-state index contributed by atoms with van der Waals surface area (Å²) < 4.78 is 0. The van der Waals surface area contributed by atoms with Crippen LogP contribution in [0.4, 0.5) is 5.69 Å². The van der Waals surface area contributed by atoms with E-state index in [0.717, 1.165) is 0 Å². The summed E-state index contributed by atoms with van der Waals surface area (Å²) >= 11 is 18.2. The average Bonchev–Trinajstić information content (AvgIpc) is 2.34. The van der Waals surface area contributed by atoms with Crippen molar-refractivity contribution in [3.8, 4) is 0 Å². The summed E-state index contributed by atoms with van der Waals surface area (Å²) in [5.74, 6) is -1.16. The zero-order chi connectivity index (χ0) is 15.3. The molecule has 0 saturated heterocycles. The maximum atomic E-state index is 11.6. The quantitative estimate of drug-likeness (QED) is 0.807. The number of rotatable bonds is 6. The third kappa shape index (κ3) is 4.54. The molecule has 1 amide bonds. The van der Waals surface area contributed by atoms with Gasteiger partial charge < -0.3 is 10.4 Å². The summed E-state index contributed by atoms with van der Waals surface area (Å²) in [6, 6.07) is 1.45. The van der Waals surface area contributed by atoms with Crippen LogP contribution in [0.25, 0.3) is 0 Å². The van der Waals surface area contributed by atoms with Gasteiger partial charge in [-0.1, -0.05) is 41.7 Å². The van der Waals surface area contributed by atoms with Crippen LogP contribution in [0.2, 0.25) is 15.1 Å². The Hall–Kier alpha value is -0.970. The Labute approximate surface area is 132 Å². The molecule has 110 valence electrons. The topological polar surface area (TPSA) is 66.4 Å². The Morgan fingerprint density at radius 3 is 2.40 bits per heavy atom. The number of benzene rings is 1. The molecular formula is C13H14Cl3NO3. The molecule has 20 heavy (non-hydrogen) atoms. The van der Waals surface area contributed by atoms with Gasteiger partial charge in [-0.05, 0) is 24.5 Å². The second-order valence-electron chi connectivity index (χ2n) is 4.20. The van der Waals surface area contributed by atoms with Gasteiger partial charge in [0.1, 0.15) is 0 Å². The molecule has 0 heterocycles. The fourth-order valence-electron chi connectivity index (χ4n) is 1.64. The molecule has 0 fully saturated rings. The van der Waals surface area contributed by atoms with E-state index < -0.39 is 5.97 Å². The molecule has 1 rings (SSSR count). The van der Waals surface area contributed by atoms with E-state index >= 15 is 0 Å². The molecular weight excluding hydrogens is 325 g/mol. The Balaban J connectivity index is 3.08. The monoisotopic (exact) mass is 337 g/mol. The molecule has 0 atom stereocenters. The zero-order valence-corrected chi connectivity index (χ0v) is 13.1. The Kier molecular flexibility index (Phi) is 6.59. The molecule has 4 nitrogen and oxygen atoms in total. The molecule has 1 aromatic carbocycles. The lowest BCUT2D eigenvalue weighted by Crippen LogP contribution is -2.12. The fourth-order valence-corrected chi connectivity index (χ4v) is 2.68. The van der Waals surface area contributed by atoms with Crippen molar-refractivity contribution in [1.82, 2.24) is 0 Å². The Bertz CT molecular complexity index is 532. The van der Waals surface area contributed by atoms with Gasteiger partial charge in [0.2, 0.25) is 5.91 Å². The van der Waals surface area contributed by atoms with Crippen molar-refractivity contribution in [3.63, 3.8) is 0 Å². The highest BCUT2D eigenvalue weighted by Crippen LogP contribution is 2.38. The van der Waals surface area contributed by atoms with Crippen molar-refractivity contribution < 1.29 is 14.7 Å². The first kappa shape index (κ1) is 17.1. The van der Waals surface area contributed by atoms with E-state index in [1.165, 1.54) is 6.07 Å². The van der Waals surface area contributed by atoms with Crippen LogP contribution in [0, 0.1) is 0 Å². The lowest BCUT2D eigenvalue weighted by molar-refractivity contribution is -0.137. The molecule has 0 aliphatic heterocycles. The molecule has 0 aromatic heterocycles. The number of anilines is 1. The minimum Gasteiger partial charge on any atom is -0.481 e.